The molecule has 136 valence electrons. The van der Waals surface area contributed by atoms with Crippen molar-refractivity contribution in [2.45, 2.75) is 0 Å². The van der Waals surface area contributed by atoms with Crippen LogP contribution in [0.2, 0.25) is 0 Å². The van der Waals surface area contributed by atoms with Crippen LogP contribution in [-0.2, 0) is 14.3 Å². The first-order valence-electron chi connectivity index (χ1n) is 7.79. The zero-order chi connectivity index (χ0) is 19.6. The van der Waals surface area contributed by atoms with Crippen molar-refractivity contribution in [3.63, 3.8) is 0 Å². The van der Waals surface area contributed by atoms with Gasteiger partial charge in [0.15, 0.2) is 0 Å². The molecule has 0 spiro atoms. The van der Waals surface area contributed by atoms with Crippen molar-refractivity contribution < 1.29 is 29.0 Å². The van der Waals surface area contributed by atoms with Gasteiger partial charge in [0.1, 0.15) is 11.3 Å². The summed E-state index contributed by atoms with van der Waals surface area (Å²) in [4.78, 5) is 49.3. The van der Waals surface area contributed by atoms with Crippen LogP contribution in [0.15, 0.2) is 54.1 Å². The Morgan fingerprint density at radius 1 is 1.04 bits per heavy atom. The number of carbonyl (C=O) groups is 4. The third-order valence-electron chi connectivity index (χ3n) is 3.85. The molecule has 8 nitrogen and oxygen atoms in total. The fraction of sp³-hybridized carbons (Fsp3) is 0.0526. The van der Waals surface area contributed by atoms with Crippen molar-refractivity contribution in [2.24, 2.45) is 0 Å². The lowest BCUT2D eigenvalue weighted by Crippen LogP contribution is -2.54. The third kappa shape index (κ3) is 3.54. The lowest BCUT2D eigenvalue weighted by Gasteiger charge is -2.26. The second-order valence-electron chi connectivity index (χ2n) is 5.59. The Labute approximate surface area is 153 Å². The molecule has 2 N–H and O–H groups in total. The Kier molecular flexibility index (Phi) is 4.71. The van der Waals surface area contributed by atoms with E-state index in [1.54, 1.807) is 0 Å². The quantitative estimate of drug-likeness (QED) is 0.487. The third-order valence-corrected chi connectivity index (χ3v) is 3.85. The van der Waals surface area contributed by atoms with Gasteiger partial charge in [-0.2, -0.15) is 0 Å². The number of ether oxygens (including phenoxy) is 1. The normalized spacial score (nSPS) is 15.7. The fourth-order valence-corrected chi connectivity index (χ4v) is 2.49. The largest absolute Gasteiger partial charge is 0.508 e. The molecule has 0 aromatic heterocycles. The van der Waals surface area contributed by atoms with Crippen LogP contribution in [0, 0.1) is 0 Å². The van der Waals surface area contributed by atoms with Crippen LogP contribution in [0.3, 0.4) is 0 Å². The van der Waals surface area contributed by atoms with Gasteiger partial charge in [-0.15, -0.1) is 0 Å². The Morgan fingerprint density at radius 2 is 1.67 bits per heavy atom. The highest BCUT2D eigenvalue weighted by atomic mass is 16.5. The number of nitrogens with one attached hydrogen (secondary N) is 1. The second kappa shape index (κ2) is 7.12. The zero-order valence-electron chi connectivity index (χ0n) is 14.1. The van der Waals surface area contributed by atoms with E-state index in [4.69, 9.17) is 0 Å². The van der Waals surface area contributed by atoms with E-state index in [0.29, 0.717) is 5.56 Å². The SMILES string of the molecule is COC(=O)c1ccc(N2C(=O)NC(=O)C(=Cc3ccc(O)cc3)C2=O)cc1. The predicted octanol–water partition coefficient (Wildman–Crippen LogP) is 1.85. The van der Waals surface area contributed by atoms with E-state index in [1.807, 2.05) is 0 Å². The number of esters is 1. The lowest BCUT2D eigenvalue weighted by atomic mass is 10.1. The molecule has 1 fully saturated rings. The maximum atomic E-state index is 12.7. The molecule has 0 atom stereocenters. The van der Waals surface area contributed by atoms with Crippen molar-refractivity contribution in [2.75, 3.05) is 12.0 Å². The van der Waals surface area contributed by atoms with Gasteiger partial charge >= 0.3 is 12.0 Å². The molecule has 0 bridgehead atoms. The van der Waals surface area contributed by atoms with Crippen LogP contribution in [-0.4, -0.2) is 36.0 Å². The average molecular weight is 366 g/mol. The molecule has 1 aliphatic heterocycles. The van der Waals surface area contributed by atoms with Gasteiger partial charge in [0, 0.05) is 0 Å². The summed E-state index contributed by atoms with van der Waals surface area (Å²) in [5.74, 6) is -2.14. The van der Waals surface area contributed by atoms with Gasteiger partial charge in [-0.3, -0.25) is 14.9 Å². The van der Waals surface area contributed by atoms with Crippen molar-refractivity contribution in [1.82, 2.24) is 5.32 Å². The average Bonchev–Trinajstić information content (AvgIpc) is 2.66. The number of phenols is 1. The van der Waals surface area contributed by atoms with Crippen LogP contribution >= 0.6 is 0 Å². The zero-order valence-corrected chi connectivity index (χ0v) is 14.1. The van der Waals surface area contributed by atoms with Gasteiger partial charge in [0.2, 0.25) is 0 Å². The molecule has 0 unspecified atom stereocenters. The Morgan fingerprint density at radius 3 is 2.26 bits per heavy atom. The van der Waals surface area contributed by atoms with Crippen molar-refractivity contribution in [3.05, 3.63) is 65.2 Å². The molecular formula is C19H14N2O6. The second-order valence-corrected chi connectivity index (χ2v) is 5.59. The molecule has 1 aliphatic rings. The molecule has 27 heavy (non-hydrogen) atoms. The summed E-state index contributed by atoms with van der Waals surface area (Å²) in [7, 11) is 1.24. The molecule has 1 heterocycles. The Balaban J connectivity index is 1.95. The predicted molar refractivity (Wildman–Crippen MR) is 94.9 cm³/mol. The highest BCUT2D eigenvalue weighted by Crippen LogP contribution is 2.23. The molecule has 1 saturated heterocycles. The number of hydrogen-bond acceptors (Lipinski definition) is 6. The molecule has 2 aromatic carbocycles. The Hall–Kier alpha value is -3.94. The smallest absolute Gasteiger partial charge is 0.337 e. The first kappa shape index (κ1) is 17.9. The van der Waals surface area contributed by atoms with Gasteiger partial charge in [0.05, 0.1) is 18.4 Å². The first-order chi connectivity index (χ1) is 12.9. The van der Waals surface area contributed by atoms with Crippen LogP contribution in [0.5, 0.6) is 5.75 Å². The molecule has 0 saturated carbocycles. The number of nitrogens with zero attached hydrogens (tertiary/aromatic N) is 1. The minimum atomic E-state index is -0.890. The molecule has 0 radical (unpaired) electrons. The topological polar surface area (TPSA) is 113 Å². The number of amides is 4. The van der Waals surface area contributed by atoms with E-state index >= 15 is 0 Å². The molecule has 3 rings (SSSR count). The standard InChI is InChI=1S/C19H14N2O6/c1-27-18(25)12-4-6-13(7-5-12)21-17(24)15(16(23)20-19(21)26)10-11-2-8-14(22)9-3-11/h2-10,22H,1H3,(H,20,23,26). The van der Waals surface area contributed by atoms with Crippen LogP contribution in [0.4, 0.5) is 10.5 Å². The van der Waals surface area contributed by atoms with E-state index in [-0.39, 0.29) is 22.6 Å². The van der Waals surface area contributed by atoms with Gasteiger partial charge in [0.25, 0.3) is 11.8 Å². The summed E-state index contributed by atoms with van der Waals surface area (Å²) < 4.78 is 4.60. The summed E-state index contributed by atoms with van der Waals surface area (Å²) in [5.41, 5.74) is 0.704. The summed E-state index contributed by atoms with van der Waals surface area (Å²) in [6.07, 6.45) is 1.32. The number of urea groups is 1. The molecule has 4 amide bonds. The molecule has 2 aromatic rings. The highest BCUT2D eigenvalue weighted by Gasteiger charge is 2.36. The number of imide groups is 2. The maximum absolute atomic E-state index is 12.7. The monoisotopic (exact) mass is 366 g/mol. The minimum Gasteiger partial charge on any atom is -0.508 e. The van der Waals surface area contributed by atoms with E-state index in [2.05, 4.69) is 10.1 Å². The number of rotatable bonds is 3. The molecule has 8 heteroatoms. The minimum absolute atomic E-state index is 0.0408. The van der Waals surface area contributed by atoms with E-state index in [9.17, 15) is 24.3 Å². The summed E-state index contributed by atoms with van der Waals surface area (Å²) in [6, 6.07) is 10.6. The van der Waals surface area contributed by atoms with Crippen molar-refractivity contribution in [1.29, 1.82) is 0 Å². The number of benzene rings is 2. The van der Waals surface area contributed by atoms with Gasteiger partial charge < -0.3 is 9.84 Å². The van der Waals surface area contributed by atoms with Crippen LogP contribution in [0.25, 0.3) is 6.08 Å². The van der Waals surface area contributed by atoms with Crippen molar-refractivity contribution >= 4 is 35.6 Å². The number of methoxy groups -OCH3 is 1. The Bertz CT molecular complexity index is 961. The lowest BCUT2D eigenvalue weighted by molar-refractivity contribution is -0.122. The first-order valence-corrected chi connectivity index (χ1v) is 7.79. The van der Waals surface area contributed by atoms with E-state index in [0.717, 1.165) is 4.90 Å². The number of aromatic hydroxyl groups is 1. The number of barbiturate groups is 1. The summed E-state index contributed by atoms with van der Waals surface area (Å²) >= 11 is 0. The number of hydrogen-bond donors (Lipinski definition) is 2. The molecular weight excluding hydrogens is 352 g/mol. The molecule has 0 aliphatic carbocycles. The summed E-state index contributed by atoms with van der Waals surface area (Å²) in [6.45, 7) is 0. The summed E-state index contributed by atoms with van der Waals surface area (Å²) in [5, 5.41) is 11.4. The van der Waals surface area contributed by atoms with E-state index < -0.39 is 23.8 Å². The van der Waals surface area contributed by atoms with Gasteiger partial charge in [-0.1, -0.05) is 12.1 Å². The van der Waals surface area contributed by atoms with E-state index in [1.165, 1.54) is 61.7 Å². The van der Waals surface area contributed by atoms with Crippen LogP contribution in [0.1, 0.15) is 15.9 Å². The van der Waals surface area contributed by atoms with Crippen molar-refractivity contribution in [3.8, 4) is 5.75 Å². The maximum Gasteiger partial charge on any atom is 0.337 e. The van der Waals surface area contributed by atoms with Crippen LogP contribution < -0.4 is 10.2 Å². The highest BCUT2D eigenvalue weighted by molar-refractivity contribution is 6.39. The number of phenolic OH excluding ortho intramolecular Hbond substituents is 1. The fourth-order valence-electron chi connectivity index (χ4n) is 2.49. The van der Waals surface area contributed by atoms with Gasteiger partial charge in [-0.05, 0) is 48.0 Å². The van der Waals surface area contributed by atoms with Gasteiger partial charge in [-0.25, -0.2) is 14.5 Å². The number of anilines is 1. The number of carbonyl (C=O) groups excluding carboxylic acids is 4.